The summed E-state index contributed by atoms with van der Waals surface area (Å²) in [6, 6.07) is 25.2. The van der Waals surface area contributed by atoms with Crippen LogP contribution in [0, 0.1) is 10.1 Å². The van der Waals surface area contributed by atoms with Gasteiger partial charge in [0.15, 0.2) is 0 Å². The predicted octanol–water partition coefficient (Wildman–Crippen LogP) is 4.85. The van der Waals surface area contributed by atoms with Gasteiger partial charge in [-0.05, 0) is 23.6 Å². The van der Waals surface area contributed by atoms with Crippen molar-refractivity contribution in [2.24, 2.45) is 0 Å². The Morgan fingerprint density at radius 1 is 0.857 bits per heavy atom. The molecule has 0 bridgehead atoms. The molecule has 0 aliphatic carbocycles. The third-order valence-electron chi connectivity index (χ3n) is 4.70. The smallest absolute Gasteiger partial charge is 0.269 e. The van der Waals surface area contributed by atoms with Gasteiger partial charge in [0.05, 0.1) is 12.0 Å². The minimum atomic E-state index is -0.368. The van der Waals surface area contributed by atoms with Gasteiger partial charge in [-0.25, -0.2) is 0 Å². The van der Waals surface area contributed by atoms with Crippen LogP contribution in [0.5, 0.6) is 5.75 Å². The number of non-ortho nitro benzene ring substituents is 1. The highest BCUT2D eigenvalue weighted by Crippen LogP contribution is 2.21. The third kappa shape index (κ3) is 5.41. The molecule has 0 unspecified atom stereocenters. The van der Waals surface area contributed by atoms with Crippen LogP contribution in [0.3, 0.4) is 0 Å². The topological polar surface area (TPSA) is 55.6 Å². The summed E-state index contributed by atoms with van der Waals surface area (Å²) in [6.07, 6.45) is 0.819. The largest absolute Gasteiger partial charge is 0.496 e. The molecule has 0 radical (unpaired) electrons. The molecular formula is C23H24N2O3. The first-order valence-corrected chi connectivity index (χ1v) is 9.27. The van der Waals surface area contributed by atoms with Gasteiger partial charge in [0.25, 0.3) is 5.69 Å². The molecule has 28 heavy (non-hydrogen) atoms. The maximum absolute atomic E-state index is 10.8. The van der Waals surface area contributed by atoms with Crippen LogP contribution >= 0.6 is 0 Å². The molecule has 0 saturated heterocycles. The normalized spacial score (nSPS) is 10.8. The lowest BCUT2D eigenvalue weighted by Crippen LogP contribution is -2.25. The van der Waals surface area contributed by atoms with Gasteiger partial charge in [0, 0.05) is 37.3 Å². The number of hydrogen-bond acceptors (Lipinski definition) is 4. The Morgan fingerprint density at radius 2 is 1.54 bits per heavy atom. The molecule has 144 valence electrons. The van der Waals surface area contributed by atoms with Crippen molar-refractivity contribution in [2.75, 3.05) is 13.7 Å². The standard InChI is InChI=1S/C23H24N2O3/c1-28-23-10-6-5-9-21(23)18-24(17-20-7-3-2-4-8-20)16-15-19-11-13-22(14-12-19)25(26)27/h2-14H,15-18H2,1H3. The van der Waals surface area contributed by atoms with Crippen LogP contribution in [-0.2, 0) is 19.5 Å². The van der Waals surface area contributed by atoms with Gasteiger partial charge in [-0.1, -0.05) is 60.7 Å². The van der Waals surface area contributed by atoms with Gasteiger partial charge in [-0.15, -0.1) is 0 Å². The lowest BCUT2D eigenvalue weighted by atomic mass is 10.1. The van der Waals surface area contributed by atoms with Crippen molar-refractivity contribution in [1.82, 2.24) is 4.90 Å². The fourth-order valence-corrected chi connectivity index (χ4v) is 3.20. The van der Waals surface area contributed by atoms with E-state index in [4.69, 9.17) is 4.74 Å². The predicted molar refractivity (Wildman–Crippen MR) is 110 cm³/mol. The highest BCUT2D eigenvalue weighted by atomic mass is 16.6. The lowest BCUT2D eigenvalue weighted by Gasteiger charge is -2.23. The zero-order chi connectivity index (χ0) is 19.8. The number of nitro benzene ring substituents is 1. The van der Waals surface area contributed by atoms with Crippen molar-refractivity contribution in [3.63, 3.8) is 0 Å². The van der Waals surface area contributed by atoms with Crippen LogP contribution in [0.25, 0.3) is 0 Å². The average Bonchev–Trinajstić information content (AvgIpc) is 2.73. The van der Waals surface area contributed by atoms with Gasteiger partial charge in [-0.3, -0.25) is 15.0 Å². The summed E-state index contributed by atoms with van der Waals surface area (Å²) in [6.45, 7) is 2.43. The quantitative estimate of drug-likeness (QED) is 0.396. The molecule has 5 nitrogen and oxygen atoms in total. The Kier molecular flexibility index (Phi) is 6.76. The molecule has 0 amide bonds. The summed E-state index contributed by atoms with van der Waals surface area (Å²) in [5, 5.41) is 10.8. The molecule has 3 aromatic rings. The zero-order valence-electron chi connectivity index (χ0n) is 16.0. The molecule has 3 rings (SSSR count). The van der Waals surface area contributed by atoms with Crippen LogP contribution in [-0.4, -0.2) is 23.5 Å². The average molecular weight is 376 g/mol. The van der Waals surface area contributed by atoms with Crippen LogP contribution in [0.15, 0.2) is 78.9 Å². The third-order valence-corrected chi connectivity index (χ3v) is 4.70. The van der Waals surface area contributed by atoms with E-state index in [-0.39, 0.29) is 10.6 Å². The van der Waals surface area contributed by atoms with Crippen molar-refractivity contribution >= 4 is 5.69 Å². The Bertz CT molecular complexity index is 895. The summed E-state index contributed by atoms with van der Waals surface area (Å²) >= 11 is 0. The summed E-state index contributed by atoms with van der Waals surface area (Å²) in [4.78, 5) is 12.8. The van der Waals surface area contributed by atoms with Gasteiger partial charge in [0.1, 0.15) is 5.75 Å². The maximum atomic E-state index is 10.8. The van der Waals surface area contributed by atoms with Crippen molar-refractivity contribution in [1.29, 1.82) is 0 Å². The number of hydrogen-bond donors (Lipinski definition) is 0. The molecular weight excluding hydrogens is 352 g/mol. The summed E-state index contributed by atoms with van der Waals surface area (Å²) in [7, 11) is 1.69. The molecule has 0 aliphatic rings. The monoisotopic (exact) mass is 376 g/mol. The lowest BCUT2D eigenvalue weighted by molar-refractivity contribution is -0.384. The first kappa shape index (κ1) is 19.6. The second-order valence-electron chi connectivity index (χ2n) is 6.68. The SMILES string of the molecule is COc1ccccc1CN(CCc1ccc([N+](=O)[O-])cc1)Cc1ccccc1. The summed E-state index contributed by atoms with van der Waals surface area (Å²) < 4.78 is 5.50. The molecule has 0 heterocycles. The van der Waals surface area contributed by atoms with Crippen molar-refractivity contribution in [3.8, 4) is 5.75 Å². The number of benzene rings is 3. The van der Waals surface area contributed by atoms with Gasteiger partial charge in [0.2, 0.25) is 0 Å². The molecule has 0 saturated carbocycles. The van der Waals surface area contributed by atoms with E-state index in [1.165, 1.54) is 5.56 Å². The van der Waals surface area contributed by atoms with Crippen LogP contribution in [0.4, 0.5) is 5.69 Å². The molecule has 0 aliphatic heterocycles. The molecule has 0 spiro atoms. The van der Waals surface area contributed by atoms with Crippen molar-refractivity contribution in [2.45, 2.75) is 19.5 Å². The van der Waals surface area contributed by atoms with Crippen molar-refractivity contribution < 1.29 is 9.66 Å². The first-order chi connectivity index (χ1) is 13.7. The van der Waals surface area contributed by atoms with E-state index >= 15 is 0 Å². The van der Waals surface area contributed by atoms with Gasteiger partial charge in [-0.2, -0.15) is 0 Å². The van der Waals surface area contributed by atoms with E-state index in [0.29, 0.717) is 0 Å². The Hall–Kier alpha value is -3.18. The second kappa shape index (κ2) is 9.67. The summed E-state index contributed by atoms with van der Waals surface area (Å²) in [5.41, 5.74) is 3.60. The minimum absolute atomic E-state index is 0.124. The van der Waals surface area contributed by atoms with E-state index in [9.17, 15) is 10.1 Å². The summed E-state index contributed by atoms with van der Waals surface area (Å²) in [5.74, 6) is 0.885. The van der Waals surface area contributed by atoms with Gasteiger partial charge < -0.3 is 4.74 Å². The van der Waals surface area contributed by atoms with E-state index < -0.39 is 0 Å². The van der Waals surface area contributed by atoms with Crippen LogP contribution in [0.1, 0.15) is 16.7 Å². The number of methoxy groups -OCH3 is 1. The van der Waals surface area contributed by atoms with Crippen LogP contribution in [0.2, 0.25) is 0 Å². The fourth-order valence-electron chi connectivity index (χ4n) is 3.20. The van der Waals surface area contributed by atoms with E-state index in [0.717, 1.165) is 42.9 Å². The molecule has 0 aromatic heterocycles. The Morgan fingerprint density at radius 3 is 2.21 bits per heavy atom. The van der Waals surface area contributed by atoms with Gasteiger partial charge >= 0.3 is 0 Å². The number of para-hydroxylation sites is 1. The number of rotatable bonds is 9. The number of ether oxygens (including phenoxy) is 1. The molecule has 0 N–H and O–H groups in total. The minimum Gasteiger partial charge on any atom is -0.496 e. The highest BCUT2D eigenvalue weighted by Gasteiger charge is 2.11. The molecule has 0 fully saturated rings. The molecule has 0 atom stereocenters. The first-order valence-electron chi connectivity index (χ1n) is 9.27. The number of nitro groups is 1. The zero-order valence-corrected chi connectivity index (χ0v) is 16.0. The van der Waals surface area contributed by atoms with E-state index in [1.807, 2.05) is 48.5 Å². The molecule has 5 heteroatoms. The fraction of sp³-hybridized carbons (Fsp3) is 0.217. The second-order valence-corrected chi connectivity index (χ2v) is 6.68. The Balaban J connectivity index is 1.72. The number of nitrogens with zero attached hydrogens (tertiary/aromatic N) is 2. The maximum Gasteiger partial charge on any atom is 0.269 e. The highest BCUT2D eigenvalue weighted by molar-refractivity contribution is 5.34. The van der Waals surface area contributed by atoms with Crippen LogP contribution < -0.4 is 4.74 Å². The Labute approximate surface area is 165 Å². The van der Waals surface area contributed by atoms with Crippen molar-refractivity contribution in [3.05, 3.63) is 106 Å². The van der Waals surface area contributed by atoms with E-state index in [2.05, 4.69) is 23.1 Å². The molecule has 3 aromatic carbocycles. The van der Waals surface area contributed by atoms with E-state index in [1.54, 1.807) is 19.2 Å².